The van der Waals surface area contributed by atoms with E-state index >= 15 is 0 Å². The highest BCUT2D eigenvalue weighted by Gasteiger charge is 2.53. The lowest BCUT2D eigenvalue weighted by Gasteiger charge is -2.36. The Morgan fingerprint density at radius 1 is 1.07 bits per heavy atom. The first-order valence-electron chi connectivity index (χ1n) is 13.9. The van der Waals surface area contributed by atoms with Crippen molar-refractivity contribution < 1.29 is 23.9 Å². The summed E-state index contributed by atoms with van der Waals surface area (Å²) in [7, 11) is 1.60. The van der Waals surface area contributed by atoms with Crippen LogP contribution >= 0.6 is 0 Å². The van der Waals surface area contributed by atoms with Crippen LogP contribution in [0.2, 0.25) is 0 Å². The number of rotatable bonds is 6. The SMILES string of the molecule is COc1cccc([C@H]2c3[nH]c4ccccc4c3C[C@H]3C(=O)N(c4ccccc4C(=O)NC[C@@H]4CCCO4)C(=O)N23)c1. The van der Waals surface area contributed by atoms with Crippen molar-refractivity contribution in [1.82, 2.24) is 15.2 Å². The minimum Gasteiger partial charge on any atom is -0.497 e. The van der Waals surface area contributed by atoms with Gasteiger partial charge in [-0.05, 0) is 54.3 Å². The lowest BCUT2D eigenvalue weighted by molar-refractivity contribution is -0.120. The fourth-order valence-corrected chi connectivity index (χ4v) is 6.42. The fraction of sp³-hybridized carbons (Fsp3) is 0.281. The summed E-state index contributed by atoms with van der Waals surface area (Å²) in [5, 5.41) is 3.96. The van der Waals surface area contributed by atoms with Crippen LogP contribution in [0.25, 0.3) is 10.9 Å². The Balaban J connectivity index is 1.29. The molecule has 9 nitrogen and oxygen atoms in total. The minimum absolute atomic E-state index is 0.0254. The van der Waals surface area contributed by atoms with Crippen molar-refractivity contribution in [3.8, 4) is 5.75 Å². The molecule has 0 bridgehead atoms. The standard InChI is InChI=1S/C32H30N4O5/c1-40-20-9-6-8-19(16-20)29-28-24(22-11-2-4-13-25(22)34-28)17-27-31(38)36(32(39)35(27)29)26-14-5-3-12-23(26)30(37)33-18-21-10-7-15-41-21/h2-6,8-9,11-14,16,21,27,29,34H,7,10,15,17-18H2,1H3,(H,33,37)/t21-,27-,29-/m0/s1. The Kier molecular flexibility index (Phi) is 6.23. The number of nitrogens with one attached hydrogen (secondary N) is 2. The van der Waals surface area contributed by atoms with Crippen molar-refractivity contribution in [2.24, 2.45) is 0 Å². The van der Waals surface area contributed by atoms with Crippen LogP contribution in [-0.4, -0.2) is 60.1 Å². The quantitative estimate of drug-likeness (QED) is 0.343. The second-order valence-electron chi connectivity index (χ2n) is 10.7. The van der Waals surface area contributed by atoms with E-state index in [1.165, 1.54) is 4.90 Å². The maximum atomic E-state index is 14.3. The molecule has 9 heteroatoms. The Morgan fingerprint density at radius 2 is 1.90 bits per heavy atom. The van der Waals surface area contributed by atoms with Gasteiger partial charge in [0, 0.05) is 36.2 Å². The molecular weight excluding hydrogens is 520 g/mol. The molecule has 0 radical (unpaired) electrons. The van der Waals surface area contributed by atoms with Gasteiger partial charge in [-0.1, -0.05) is 42.5 Å². The van der Waals surface area contributed by atoms with Crippen LogP contribution in [0.4, 0.5) is 10.5 Å². The molecule has 208 valence electrons. The number of fused-ring (bicyclic) bond motifs is 4. The Hall–Kier alpha value is -4.63. The number of carbonyl (C=O) groups excluding carboxylic acids is 3. The van der Waals surface area contributed by atoms with Crippen LogP contribution in [-0.2, 0) is 16.0 Å². The number of para-hydroxylation sites is 2. The zero-order valence-corrected chi connectivity index (χ0v) is 22.6. The average Bonchev–Trinajstić information content (AvgIpc) is 3.72. The second-order valence-corrected chi connectivity index (χ2v) is 10.7. The Labute approximate surface area is 237 Å². The molecule has 2 saturated heterocycles. The van der Waals surface area contributed by atoms with E-state index in [9.17, 15) is 14.4 Å². The highest BCUT2D eigenvalue weighted by atomic mass is 16.5. The van der Waals surface area contributed by atoms with E-state index in [0.29, 0.717) is 25.3 Å². The normalized spacial score (nSPS) is 21.7. The van der Waals surface area contributed by atoms with Crippen molar-refractivity contribution >= 4 is 34.4 Å². The minimum atomic E-state index is -0.728. The Morgan fingerprint density at radius 3 is 2.73 bits per heavy atom. The topological polar surface area (TPSA) is 104 Å². The van der Waals surface area contributed by atoms with Gasteiger partial charge in [-0.3, -0.25) is 14.5 Å². The van der Waals surface area contributed by atoms with Crippen LogP contribution in [0.15, 0.2) is 72.8 Å². The van der Waals surface area contributed by atoms with Gasteiger partial charge in [0.15, 0.2) is 0 Å². The van der Waals surface area contributed by atoms with Gasteiger partial charge >= 0.3 is 6.03 Å². The van der Waals surface area contributed by atoms with Crippen LogP contribution in [0.1, 0.15) is 46.1 Å². The number of amides is 4. The predicted octanol–water partition coefficient (Wildman–Crippen LogP) is 4.57. The maximum Gasteiger partial charge on any atom is 0.332 e. The number of ether oxygens (including phenoxy) is 2. The number of H-pyrrole nitrogens is 1. The molecule has 4 amide bonds. The number of benzene rings is 3. The van der Waals surface area contributed by atoms with Gasteiger partial charge in [0.2, 0.25) is 0 Å². The molecule has 3 atom stereocenters. The molecule has 41 heavy (non-hydrogen) atoms. The molecule has 0 aliphatic carbocycles. The lowest BCUT2D eigenvalue weighted by atomic mass is 9.89. The van der Waals surface area contributed by atoms with Gasteiger partial charge in [-0.2, -0.15) is 0 Å². The number of anilines is 1. The van der Waals surface area contributed by atoms with Crippen molar-refractivity contribution in [1.29, 1.82) is 0 Å². The first-order valence-corrected chi connectivity index (χ1v) is 13.9. The summed E-state index contributed by atoms with van der Waals surface area (Å²) in [5.74, 6) is -0.0364. The molecule has 0 spiro atoms. The fourth-order valence-electron chi connectivity index (χ4n) is 6.42. The van der Waals surface area contributed by atoms with Gasteiger partial charge < -0.3 is 19.8 Å². The van der Waals surface area contributed by atoms with Crippen molar-refractivity contribution in [2.75, 3.05) is 25.2 Å². The Bertz CT molecular complexity index is 1670. The van der Waals surface area contributed by atoms with Crippen LogP contribution in [0.3, 0.4) is 0 Å². The number of methoxy groups -OCH3 is 1. The van der Waals surface area contributed by atoms with Crippen molar-refractivity contribution in [3.05, 3.63) is 95.2 Å². The molecule has 2 N–H and O–H groups in total. The number of nitrogens with zero attached hydrogens (tertiary/aromatic N) is 2. The highest BCUT2D eigenvalue weighted by Crippen LogP contribution is 2.45. The summed E-state index contributed by atoms with van der Waals surface area (Å²) in [4.78, 5) is 48.1. The van der Waals surface area contributed by atoms with Crippen LogP contribution < -0.4 is 15.0 Å². The molecule has 4 aromatic rings. The molecule has 3 aliphatic rings. The summed E-state index contributed by atoms with van der Waals surface area (Å²) >= 11 is 0. The van der Waals surface area contributed by atoms with E-state index in [1.807, 2.05) is 48.5 Å². The monoisotopic (exact) mass is 550 g/mol. The largest absolute Gasteiger partial charge is 0.497 e. The number of hydrogen-bond donors (Lipinski definition) is 2. The maximum absolute atomic E-state index is 14.3. The van der Waals surface area contributed by atoms with E-state index in [1.54, 1.807) is 36.3 Å². The van der Waals surface area contributed by atoms with Crippen LogP contribution in [0, 0.1) is 0 Å². The number of urea groups is 1. The summed E-state index contributed by atoms with van der Waals surface area (Å²) in [6.07, 6.45) is 2.20. The third-order valence-electron chi connectivity index (χ3n) is 8.36. The highest BCUT2D eigenvalue weighted by molar-refractivity contribution is 6.24. The van der Waals surface area contributed by atoms with E-state index in [0.717, 1.165) is 40.6 Å². The van der Waals surface area contributed by atoms with Gasteiger partial charge in [-0.25, -0.2) is 9.69 Å². The van der Waals surface area contributed by atoms with Gasteiger partial charge in [0.05, 0.1) is 24.5 Å². The first-order chi connectivity index (χ1) is 20.0. The van der Waals surface area contributed by atoms with Gasteiger partial charge in [0.25, 0.3) is 11.8 Å². The van der Waals surface area contributed by atoms with Gasteiger partial charge in [0.1, 0.15) is 17.8 Å². The zero-order valence-electron chi connectivity index (χ0n) is 22.6. The number of hydrogen-bond acceptors (Lipinski definition) is 5. The smallest absolute Gasteiger partial charge is 0.332 e. The first kappa shape index (κ1) is 25.3. The van der Waals surface area contributed by atoms with Crippen molar-refractivity contribution in [3.63, 3.8) is 0 Å². The molecular formula is C32H30N4O5. The van der Waals surface area contributed by atoms with Crippen molar-refractivity contribution in [2.45, 2.75) is 37.5 Å². The summed E-state index contributed by atoms with van der Waals surface area (Å²) in [6, 6.07) is 20.6. The number of imide groups is 1. The van der Waals surface area contributed by atoms with E-state index in [4.69, 9.17) is 9.47 Å². The molecule has 4 heterocycles. The molecule has 0 saturated carbocycles. The molecule has 7 rings (SSSR count). The van der Waals surface area contributed by atoms with E-state index in [2.05, 4.69) is 10.3 Å². The third kappa shape index (κ3) is 4.15. The summed E-state index contributed by atoms with van der Waals surface area (Å²) in [6.45, 7) is 1.07. The van der Waals surface area contributed by atoms with Crippen LogP contribution in [0.5, 0.6) is 5.75 Å². The summed E-state index contributed by atoms with van der Waals surface area (Å²) in [5.41, 5.74) is 4.22. The molecule has 3 aromatic carbocycles. The molecule has 1 aromatic heterocycles. The average molecular weight is 551 g/mol. The molecule has 2 fully saturated rings. The van der Waals surface area contributed by atoms with E-state index in [-0.39, 0.29) is 29.2 Å². The predicted molar refractivity (Wildman–Crippen MR) is 153 cm³/mol. The third-order valence-corrected chi connectivity index (χ3v) is 8.36. The lowest BCUT2D eigenvalue weighted by Crippen LogP contribution is -2.44. The van der Waals surface area contributed by atoms with Gasteiger partial charge in [-0.15, -0.1) is 0 Å². The molecule has 3 aliphatic heterocycles. The second kappa shape index (κ2) is 10.1. The number of carbonyl (C=O) groups is 3. The summed E-state index contributed by atoms with van der Waals surface area (Å²) < 4.78 is 11.1. The number of aromatic amines is 1. The molecule has 0 unspecified atom stereocenters. The van der Waals surface area contributed by atoms with E-state index < -0.39 is 18.1 Å². The number of aromatic nitrogens is 1. The zero-order chi connectivity index (χ0) is 28.1.